The molecule has 0 aliphatic rings. The minimum Gasteiger partial charge on any atom is -0.487 e. The second-order valence-electron chi connectivity index (χ2n) is 4.90. The van der Waals surface area contributed by atoms with Crippen molar-refractivity contribution < 1.29 is 9.94 Å². The van der Waals surface area contributed by atoms with Gasteiger partial charge in [-0.3, -0.25) is 0 Å². The highest BCUT2D eigenvalue weighted by atomic mass is 16.5. The molecule has 0 aliphatic heterocycles. The lowest BCUT2D eigenvalue weighted by Crippen LogP contribution is -2.14. The molecule has 0 bridgehead atoms. The third-order valence-corrected chi connectivity index (χ3v) is 3.24. The van der Waals surface area contributed by atoms with Gasteiger partial charge >= 0.3 is 0 Å². The Bertz CT molecular complexity index is 760. The summed E-state index contributed by atoms with van der Waals surface area (Å²) in [5, 5.41) is 11.5. The average molecular weight is 296 g/mol. The fourth-order valence-electron chi connectivity index (χ4n) is 2.16. The number of rotatable bonds is 5. The fourth-order valence-corrected chi connectivity index (χ4v) is 2.16. The number of nitrogens with zero attached hydrogens (tertiary/aromatic N) is 3. The highest BCUT2D eigenvalue weighted by Gasteiger charge is 2.03. The molecule has 0 saturated carbocycles. The summed E-state index contributed by atoms with van der Waals surface area (Å²) in [6.45, 7) is 0.404. The molecule has 22 heavy (non-hydrogen) atoms. The average Bonchev–Trinajstić information content (AvgIpc) is 2.97. The van der Waals surface area contributed by atoms with E-state index in [4.69, 9.17) is 15.7 Å². The van der Waals surface area contributed by atoms with E-state index in [1.807, 2.05) is 59.3 Å². The van der Waals surface area contributed by atoms with Crippen LogP contribution >= 0.6 is 0 Å². The number of amidine groups is 1. The van der Waals surface area contributed by atoms with Crippen molar-refractivity contribution in [3.8, 4) is 5.75 Å². The van der Waals surface area contributed by atoms with Crippen LogP contribution in [-0.4, -0.2) is 20.4 Å². The van der Waals surface area contributed by atoms with Crippen molar-refractivity contribution in [3.63, 3.8) is 0 Å². The van der Waals surface area contributed by atoms with Gasteiger partial charge in [0.2, 0.25) is 0 Å². The van der Waals surface area contributed by atoms with Gasteiger partial charge in [0, 0.05) is 18.8 Å². The van der Waals surface area contributed by atoms with Crippen LogP contribution in [0.15, 0.2) is 60.0 Å². The maximum absolute atomic E-state index is 8.55. The van der Waals surface area contributed by atoms with Crippen molar-refractivity contribution in [2.24, 2.45) is 10.9 Å². The molecule has 6 nitrogen and oxygen atoms in total. The number of hydrogen-bond donors (Lipinski definition) is 2. The predicted octanol–water partition coefficient (Wildman–Crippen LogP) is 2.20. The van der Waals surface area contributed by atoms with E-state index >= 15 is 0 Å². The zero-order valence-electron chi connectivity index (χ0n) is 11.9. The molecule has 3 aromatic rings. The number of nitrogens with two attached hydrogens (primary N) is 1. The quantitative estimate of drug-likeness (QED) is 0.327. The molecule has 0 unspecified atom stereocenters. The first-order valence-corrected chi connectivity index (χ1v) is 6.85. The summed E-state index contributed by atoms with van der Waals surface area (Å²) >= 11 is 0. The highest BCUT2D eigenvalue weighted by molar-refractivity contribution is 5.82. The van der Waals surface area contributed by atoms with Crippen molar-refractivity contribution >= 4 is 11.5 Å². The van der Waals surface area contributed by atoms with E-state index in [9.17, 15) is 0 Å². The second-order valence-corrected chi connectivity index (χ2v) is 4.90. The molecule has 0 saturated heterocycles. The fraction of sp³-hybridized carbons (Fsp3) is 0.125. The van der Waals surface area contributed by atoms with Crippen molar-refractivity contribution in [3.05, 3.63) is 66.1 Å². The Morgan fingerprint density at radius 3 is 2.77 bits per heavy atom. The number of hydrogen-bond acceptors (Lipinski definition) is 4. The Morgan fingerprint density at radius 1 is 1.23 bits per heavy atom. The number of pyridine rings is 1. The molecule has 0 atom stereocenters. The first-order valence-electron chi connectivity index (χ1n) is 6.85. The molecule has 1 aromatic carbocycles. The second kappa shape index (κ2) is 6.17. The van der Waals surface area contributed by atoms with Crippen molar-refractivity contribution in [1.82, 2.24) is 9.38 Å². The zero-order valence-corrected chi connectivity index (χ0v) is 11.9. The molecule has 2 heterocycles. The minimum atomic E-state index is 0.179. The van der Waals surface area contributed by atoms with Crippen LogP contribution in [0.4, 0.5) is 0 Å². The molecule has 0 spiro atoms. The maximum Gasteiger partial charge on any atom is 0.143 e. The number of imidazole rings is 1. The van der Waals surface area contributed by atoms with Crippen molar-refractivity contribution in [1.29, 1.82) is 0 Å². The van der Waals surface area contributed by atoms with Gasteiger partial charge in [0.1, 0.15) is 23.8 Å². The molecule has 0 radical (unpaired) electrons. The molecule has 6 heteroatoms. The van der Waals surface area contributed by atoms with E-state index in [0.717, 1.165) is 22.7 Å². The summed E-state index contributed by atoms with van der Waals surface area (Å²) in [5.41, 5.74) is 8.19. The Hall–Kier alpha value is -3.02. The van der Waals surface area contributed by atoms with Gasteiger partial charge in [-0.1, -0.05) is 23.4 Å². The van der Waals surface area contributed by atoms with Crippen LogP contribution in [0, 0.1) is 0 Å². The summed E-state index contributed by atoms with van der Waals surface area (Å²) in [5.74, 6) is 0.929. The molecular formula is C16H16N4O2. The number of aromatic nitrogens is 2. The Kier molecular flexibility index (Phi) is 3.91. The van der Waals surface area contributed by atoms with Crippen molar-refractivity contribution in [2.45, 2.75) is 13.0 Å². The van der Waals surface area contributed by atoms with E-state index in [1.165, 1.54) is 0 Å². The summed E-state index contributed by atoms with van der Waals surface area (Å²) in [7, 11) is 0. The van der Waals surface area contributed by atoms with Crippen LogP contribution in [0.2, 0.25) is 0 Å². The monoisotopic (exact) mass is 296 g/mol. The predicted molar refractivity (Wildman–Crippen MR) is 83.1 cm³/mol. The van der Waals surface area contributed by atoms with E-state index in [0.29, 0.717) is 13.0 Å². The van der Waals surface area contributed by atoms with Crippen LogP contribution in [0.1, 0.15) is 11.3 Å². The first kappa shape index (κ1) is 13.9. The Balaban J connectivity index is 1.63. The number of oxime groups is 1. The molecule has 2 aromatic heterocycles. The summed E-state index contributed by atoms with van der Waals surface area (Å²) in [6, 6.07) is 13.3. The van der Waals surface area contributed by atoms with Gasteiger partial charge in [-0.05, 0) is 29.8 Å². The van der Waals surface area contributed by atoms with Gasteiger partial charge in [0.25, 0.3) is 0 Å². The summed E-state index contributed by atoms with van der Waals surface area (Å²) in [4.78, 5) is 4.47. The molecular weight excluding hydrogens is 280 g/mol. The van der Waals surface area contributed by atoms with Gasteiger partial charge in [0.05, 0.1) is 5.69 Å². The molecule has 3 N–H and O–H groups in total. The Labute approximate surface area is 127 Å². The first-order chi connectivity index (χ1) is 10.7. The van der Waals surface area contributed by atoms with Crippen LogP contribution in [0.25, 0.3) is 5.65 Å². The van der Waals surface area contributed by atoms with Crippen LogP contribution in [-0.2, 0) is 13.0 Å². The lowest BCUT2D eigenvalue weighted by Gasteiger charge is -2.05. The van der Waals surface area contributed by atoms with Crippen molar-refractivity contribution in [2.75, 3.05) is 0 Å². The third kappa shape index (κ3) is 3.17. The van der Waals surface area contributed by atoms with Crippen LogP contribution in [0.3, 0.4) is 0 Å². The normalized spacial score (nSPS) is 11.7. The topological polar surface area (TPSA) is 85.1 Å². The lowest BCUT2D eigenvalue weighted by molar-refractivity contribution is 0.302. The highest BCUT2D eigenvalue weighted by Crippen LogP contribution is 2.15. The number of ether oxygens (including phenoxy) is 1. The lowest BCUT2D eigenvalue weighted by atomic mass is 10.1. The smallest absolute Gasteiger partial charge is 0.143 e. The largest absolute Gasteiger partial charge is 0.487 e. The van der Waals surface area contributed by atoms with E-state index in [1.54, 1.807) is 0 Å². The number of benzene rings is 1. The molecule has 3 rings (SSSR count). The summed E-state index contributed by atoms with van der Waals surface area (Å²) < 4.78 is 7.68. The molecule has 0 fully saturated rings. The molecule has 0 amide bonds. The maximum atomic E-state index is 8.55. The van der Waals surface area contributed by atoms with Gasteiger partial charge in [-0.2, -0.15) is 0 Å². The van der Waals surface area contributed by atoms with Gasteiger partial charge in [-0.25, -0.2) is 4.98 Å². The SMILES string of the molecule is N/C(Cc1ccc(OCc2cn3ccccc3n2)cc1)=N\O. The third-order valence-electron chi connectivity index (χ3n) is 3.24. The zero-order chi connectivity index (χ0) is 15.4. The summed E-state index contributed by atoms with van der Waals surface area (Å²) in [6.07, 6.45) is 4.30. The van der Waals surface area contributed by atoms with E-state index in [-0.39, 0.29) is 5.84 Å². The van der Waals surface area contributed by atoms with Gasteiger partial charge in [-0.15, -0.1) is 0 Å². The van der Waals surface area contributed by atoms with Gasteiger partial charge in [0.15, 0.2) is 0 Å². The Morgan fingerprint density at radius 2 is 2.05 bits per heavy atom. The van der Waals surface area contributed by atoms with Gasteiger partial charge < -0.3 is 20.1 Å². The van der Waals surface area contributed by atoms with Crippen LogP contribution in [0.5, 0.6) is 5.75 Å². The minimum absolute atomic E-state index is 0.179. The van der Waals surface area contributed by atoms with E-state index in [2.05, 4.69) is 10.1 Å². The number of fused-ring (bicyclic) bond motifs is 1. The molecule has 112 valence electrons. The van der Waals surface area contributed by atoms with Crippen LogP contribution < -0.4 is 10.5 Å². The molecule has 0 aliphatic carbocycles. The van der Waals surface area contributed by atoms with E-state index < -0.39 is 0 Å². The standard InChI is InChI=1S/C16H16N4O2/c17-15(19-21)9-12-4-6-14(7-5-12)22-11-13-10-20-8-2-1-3-16(20)18-13/h1-8,10,21H,9,11H2,(H2,17,19).